The van der Waals surface area contributed by atoms with Gasteiger partial charge in [-0.05, 0) is 39.2 Å². The molecule has 0 aliphatic carbocycles. The van der Waals surface area contributed by atoms with Gasteiger partial charge < -0.3 is 20.3 Å². The van der Waals surface area contributed by atoms with Gasteiger partial charge in [0.1, 0.15) is 0 Å². The molecule has 2 saturated heterocycles. The Morgan fingerprint density at radius 3 is 2.57 bits per heavy atom. The van der Waals surface area contributed by atoms with Gasteiger partial charge in [0.05, 0.1) is 12.0 Å². The predicted octanol–water partition coefficient (Wildman–Crippen LogP) is 1.11. The van der Waals surface area contributed by atoms with E-state index in [1.54, 1.807) is 4.90 Å². The summed E-state index contributed by atoms with van der Waals surface area (Å²) in [6.07, 6.45) is 3.15. The van der Waals surface area contributed by atoms with Crippen LogP contribution in [-0.2, 0) is 9.53 Å². The molecular weight excluding hydrogens is 270 g/mol. The third kappa shape index (κ3) is 3.67. The van der Waals surface area contributed by atoms with Crippen molar-refractivity contribution in [2.75, 3.05) is 32.8 Å². The Balaban J connectivity index is 1.80. The minimum atomic E-state index is -0.243. The number of carbonyl (C=O) groups is 2. The van der Waals surface area contributed by atoms with Gasteiger partial charge in [0, 0.05) is 25.7 Å². The van der Waals surface area contributed by atoms with E-state index in [4.69, 9.17) is 4.74 Å². The molecule has 0 radical (unpaired) electrons. The highest BCUT2D eigenvalue weighted by Gasteiger charge is 2.40. The zero-order valence-electron chi connectivity index (χ0n) is 13.1. The Hall–Kier alpha value is -1.30. The van der Waals surface area contributed by atoms with Gasteiger partial charge in [-0.1, -0.05) is 6.92 Å². The minimum absolute atomic E-state index is 0.171. The van der Waals surface area contributed by atoms with E-state index in [9.17, 15) is 9.59 Å². The number of nitrogens with zero attached hydrogens (tertiary/aromatic N) is 1. The molecule has 0 aromatic carbocycles. The van der Waals surface area contributed by atoms with Crippen molar-refractivity contribution < 1.29 is 14.3 Å². The lowest BCUT2D eigenvalue weighted by molar-refractivity contribution is -0.131. The molecule has 6 nitrogen and oxygen atoms in total. The van der Waals surface area contributed by atoms with E-state index in [2.05, 4.69) is 17.6 Å². The number of rotatable bonds is 4. The van der Waals surface area contributed by atoms with Gasteiger partial charge in [-0.25, -0.2) is 4.79 Å². The highest BCUT2D eigenvalue weighted by molar-refractivity contribution is 5.83. The molecule has 21 heavy (non-hydrogen) atoms. The number of piperidine rings is 1. The average Bonchev–Trinajstić information content (AvgIpc) is 2.98. The fourth-order valence-electron chi connectivity index (χ4n) is 3.16. The van der Waals surface area contributed by atoms with Crippen LogP contribution in [0.1, 0.15) is 39.5 Å². The monoisotopic (exact) mass is 297 g/mol. The first-order chi connectivity index (χ1) is 10.1. The van der Waals surface area contributed by atoms with E-state index < -0.39 is 0 Å². The van der Waals surface area contributed by atoms with Crippen molar-refractivity contribution >= 4 is 12.0 Å². The number of likely N-dealkylation sites (tertiary alicyclic amines) is 1. The standard InChI is InChI=1S/C15H27N3O3/c1-3-15(7-8-16-11-15)13(19)17-12-5-9-18(10-6-12)14(20)21-4-2/h12,16H,3-11H2,1-2H3,(H,17,19). The molecule has 0 bridgehead atoms. The Morgan fingerprint density at radius 2 is 2.05 bits per heavy atom. The van der Waals surface area contributed by atoms with Crippen molar-refractivity contribution in [2.24, 2.45) is 5.41 Å². The van der Waals surface area contributed by atoms with Crippen molar-refractivity contribution in [1.82, 2.24) is 15.5 Å². The lowest BCUT2D eigenvalue weighted by Crippen LogP contribution is -2.51. The molecule has 2 amide bonds. The summed E-state index contributed by atoms with van der Waals surface area (Å²) in [5.74, 6) is 0.171. The molecule has 0 aromatic heterocycles. The number of amides is 2. The van der Waals surface area contributed by atoms with Gasteiger partial charge in [-0.2, -0.15) is 0 Å². The van der Waals surface area contributed by atoms with E-state index in [1.807, 2.05) is 6.92 Å². The number of nitrogens with one attached hydrogen (secondary N) is 2. The van der Waals surface area contributed by atoms with Crippen molar-refractivity contribution in [3.05, 3.63) is 0 Å². The molecule has 6 heteroatoms. The summed E-state index contributed by atoms with van der Waals surface area (Å²) in [4.78, 5) is 25.9. The van der Waals surface area contributed by atoms with Gasteiger partial charge in [0.15, 0.2) is 0 Å². The molecule has 120 valence electrons. The second kappa shape index (κ2) is 7.11. The molecule has 1 atom stereocenters. The van der Waals surface area contributed by atoms with Crippen LogP contribution in [0.3, 0.4) is 0 Å². The second-order valence-corrected chi connectivity index (χ2v) is 5.99. The van der Waals surface area contributed by atoms with Crippen LogP contribution in [0.2, 0.25) is 0 Å². The maximum atomic E-state index is 12.5. The molecule has 1 unspecified atom stereocenters. The van der Waals surface area contributed by atoms with Gasteiger partial charge >= 0.3 is 6.09 Å². The fraction of sp³-hybridized carbons (Fsp3) is 0.867. The van der Waals surface area contributed by atoms with E-state index in [-0.39, 0.29) is 23.5 Å². The summed E-state index contributed by atoms with van der Waals surface area (Å²) in [6.45, 7) is 7.30. The maximum absolute atomic E-state index is 12.5. The first kappa shape index (κ1) is 16.1. The molecule has 0 saturated carbocycles. The van der Waals surface area contributed by atoms with Crippen LogP contribution in [0.25, 0.3) is 0 Å². The van der Waals surface area contributed by atoms with Crippen molar-refractivity contribution in [2.45, 2.75) is 45.6 Å². The predicted molar refractivity (Wildman–Crippen MR) is 80.0 cm³/mol. The van der Waals surface area contributed by atoms with E-state index in [1.165, 1.54) is 0 Å². The number of hydrogen-bond acceptors (Lipinski definition) is 4. The van der Waals surface area contributed by atoms with Crippen LogP contribution in [0.4, 0.5) is 4.79 Å². The number of ether oxygens (including phenoxy) is 1. The van der Waals surface area contributed by atoms with E-state index >= 15 is 0 Å². The quantitative estimate of drug-likeness (QED) is 0.815. The molecule has 2 aliphatic heterocycles. The molecular formula is C15H27N3O3. The van der Waals surface area contributed by atoms with Crippen molar-refractivity contribution in [3.63, 3.8) is 0 Å². The summed E-state index contributed by atoms with van der Waals surface area (Å²) < 4.78 is 5.00. The first-order valence-corrected chi connectivity index (χ1v) is 8.04. The lowest BCUT2D eigenvalue weighted by atomic mass is 9.83. The molecule has 0 spiro atoms. The Bertz CT molecular complexity index is 372. The number of hydrogen-bond donors (Lipinski definition) is 2. The second-order valence-electron chi connectivity index (χ2n) is 5.99. The third-order valence-corrected chi connectivity index (χ3v) is 4.76. The molecule has 2 N–H and O–H groups in total. The zero-order chi connectivity index (χ0) is 15.3. The van der Waals surface area contributed by atoms with E-state index in [0.717, 1.165) is 38.8 Å². The lowest BCUT2D eigenvalue weighted by Gasteiger charge is -2.34. The summed E-state index contributed by atoms with van der Waals surface area (Å²) in [5, 5.41) is 6.47. The third-order valence-electron chi connectivity index (χ3n) is 4.76. The summed E-state index contributed by atoms with van der Waals surface area (Å²) in [7, 11) is 0. The fourth-order valence-corrected chi connectivity index (χ4v) is 3.16. The van der Waals surface area contributed by atoms with Gasteiger partial charge in [-0.3, -0.25) is 4.79 Å². The average molecular weight is 297 g/mol. The van der Waals surface area contributed by atoms with Crippen LogP contribution in [-0.4, -0.2) is 55.7 Å². The summed E-state index contributed by atoms with van der Waals surface area (Å²) in [6, 6.07) is 0.173. The molecule has 2 rings (SSSR count). The van der Waals surface area contributed by atoms with Crippen LogP contribution in [0, 0.1) is 5.41 Å². The zero-order valence-corrected chi connectivity index (χ0v) is 13.1. The van der Waals surface area contributed by atoms with Crippen LogP contribution in [0.5, 0.6) is 0 Å². The maximum Gasteiger partial charge on any atom is 0.409 e. The van der Waals surface area contributed by atoms with Crippen LogP contribution >= 0.6 is 0 Å². The normalized spacial score (nSPS) is 26.7. The molecule has 2 fully saturated rings. The SMILES string of the molecule is CCOC(=O)N1CCC(NC(=O)C2(CC)CCNC2)CC1. The van der Waals surface area contributed by atoms with Crippen molar-refractivity contribution in [1.29, 1.82) is 0 Å². The first-order valence-electron chi connectivity index (χ1n) is 8.04. The van der Waals surface area contributed by atoms with Crippen molar-refractivity contribution in [3.8, 4) is 0 Å². The molecule has 0 aromatic rings. The van der Waals surface area contributed by atoms with Gasteiger partial charge in [0.25, 0.3) is 0 Å². The Morgan fingerprint density at radius 1 is 1.33 bits per heavy atom. The highest BCUT2D eigenvalue weighted by atomic mass is 16.6. The summed E-state index contributed by atoms with van der Waals surface area (Å²) in [5.41, 5.74) is -0.238. The smallest absolute Gasteiger partial charge is 0.409 e. The Kier molecular flexibility index (Phi) is 5.45. The molecule has 2 aliphatic rings. The Labute approximate surface area is 126 Å². The highest BCUT2D eigenvalue weighted by Crippen LogP contribution is 2.30. The summed E-state index contributed by atoms with van der Waals surface area (Å²) >= 11 is 0. The largest absolute Gasteiger partial charge is 0.450 e. The number of carbonyl (C=O) groups excluding carboxylic acids is 2. The molecule has 2 heterocycles. The van der Waals surface area contributed by atoms with Crippen LogP contribution < -0.4 is 10.6 Å². The van der Waals surface area contributed by atoms with E-state index in [0.29, 0.717) is 19.7 Å². The minimum Gasteiger partial charge on any atom is -0.450 e. The van der Waals surface area contributed by atoms with Crippen LogP contribution in [0.15, 0.2) is 0 Å². The van der Waals surface area contributed by atoms with Gasteiger partial charge in [-0.15, -0.1) is 0 Å². The van der Waals surface area contributed by atoms with Gasteiger partial charge in [0.2, 0.25) is 5.91 Å². The topological polar surface area (TPSA) is 70.7 Å².